The van der Waals surface area contributed by atoms with Gasteiger partial charge in [0.25, 0.3) is 11.1 Å². The molecule has 2 heterocycles. The molecule has 1 N–H and O–H groups in total. The average Bonchev–Trinajstić information content (AvgIpc) is 2.85. The van der Waals surface area contributed by atoms with E-state index < -0.39 is 0 Å². The van der Waals surface area contributed by atoms with Gasteiger partial charge in [0.1, 0.15) is 5.69 Å². The number of aromatic nitrogens is 3. The Hall–Kier alpha value is -1.74. The second-order valence-electron chi connectivity index (χ2n) is 2.85. The van der Waals surface area contributed by atoms with Gasteiger partial charge in [-0.05, 0) is 30.8 Å². The van der Waals surface area contributed by atoms with E-state index in [1.807, 2.05) is 12.1 Å². The van der Waals surface area contributed by atoms with E-state index >= 15 is 0 Å². The van der Waals surface area contributed by atoms with E-state index in [1.54, 1.807) is 13.1 Å². The first-order valence-electron chi connectivity index (χ1n) is 4.33. The fraction of sp³-hybridized carbons (Fsp3) is 0.222. The minimum absolute atomic E-state index is 0.193. The van der Waals surface area contributed by atoms with Crippen molar-refractivity contribution in [3.05, 3.63) is 18.3 Å². The molecule has 0 bridgehead atoms. The molecule has 0 saturated carbocycles. The number of nitrogens with one attached hydrogen (secondary N) is 1. The van der Waals surface area contributed by atoms with Gasteiger partial charge in [-0.1, -0.05) is 0 Å². The lowest BCUT2D eigenvalue weighted by Crippen LogP contribution is -1.88. The minimum atomic E-state index is -0.193. The zero-order valence-corrected chi connectivity index (χ0v) is 8.78. The first kappa shape index (κ1) is 9.80. The lowest BCUT2D eigenvalue weighted by molar-refractivity contribution is 0.464. The number of nitrogens with zero attached hydrogens (tertiary/aromatic N) is 3. The Bertz CT molecular complexity index is 471. The normalized spacial score (nSPS) is 12.3. The molecule has 0 aliphatic carbocycles. The SMILES string of the molecule is C[C@@H](C#N)Sc1nnc(-c2ccc[nH]2)o1. The first-order chi connectivity index (χ1) is 7.29. The predicted molar refractivity (Wildman–Crippen MR) is 55.0 cm³/mol. The topological polar surface area (TPSA) is 78.5 Å². The molecule has 0 radical (unpaired) electrons. The molecule has 0 saturated heterocycles. The molecule has 76 valence electrons. The molecule has 0 aromatic carbocycles. The van der Waals surface area contributed by atoms with Gasteiger partial charge in [0.15, 0.2) is 0 Å². The van der Waals surface area contributed by atoms with Gasteiger partial charge in [0.05, 0.1) is 11.3 Å². The fourth-order valence-corrected chi connectivity index (χ4v) is 1.58. The smallest absolute Gasteiger partial charge is 0.278 e. The highest BCUT2D eigenvalue weighted by Gasteiger charge is 2.12. The Morgan fingerprint density at radius 2 is 2.47 bits per heavy atom. The molecule has 0 spiro atoms. The highest BCUT2D eigenvalue weighted by molar-refractivity contribution is 7.99. The van der Waals surface area contributed by atoms with E-state index in [0.29, 0.717) is 11.1 Å². The van der Waals surface area contributed by atoms with Gasteiger partial charge >= 0.3 is 0 Å². The maximum atomic E-state index is 8.62. The van der Waals surface area contributed by atoms with E-state index in [1.165, 1.54) is 11.8 Å². The highest BCUT2D eigenvalue weighted by Crippen LogP contribution is 2.24. The standard InChI is InChI=1S/C9H8N4OS/c1-6(5-10)15-9-13-12-8(14-9)7-3-2-4-11-7/h2-4,6,11H,1H3/t6-/m0/s1. The fourth-order valence-electron chi connectivity index (χ4n) is 1.01. The molecule has 0 aliphatic rings. The number of thioether (sulfide) groups is 1. The van der Waals surface area contributed by atoms with Gasteiger partial charge in [0, 0.05) is 6.20 Å². The Labute approximate surface area is 90.5 Å². The summed E-state index contributed by atoms with van der Waals surface area (Å²) in [5, 5.41) is 16.5. The van der Waals surface area contributed by atoms with Crippen LogP contribution in [0, 0.1) is 11.3 Å². The molecular weight excluding hydrogens is 212 g/mol. The van der Waals surface area contributed by atoms with Crippen LogP contribution in [0.15, 0.2) is 28.0 Å². The van der Waals surface area contributed by atoms with Gasteiger partial charge in [0.2, 0.25) is 0 Å². The molecule has 0 fully saturated rings. The van der Waals surface area contributed by atoms with Crippen LogP contribution in [0.4, 0.5) is 0 Å². The lowest BCUT2D eigenvalue weighted by Gasteiger charge is -1.93. The molecule has 2 aromatic rings. The molecule has 2 rings (SSSR count). The highest BCUT2D eigenvalue weighted by atomic mass is 32.2. The molecule has 0 aliphatic heterocycles. The second kappa shape index (κ2) is 4.19. The molecular formula is C9H8N4OS. The van der Waals surface area contributed by atoms with Crippen LogP contribution in [-0.2, 0) is 0 Å². The van der Waals surface area contributed by atoms with Gasteiger partial charge in [-0.3, -0.25) is 0 Å². The summed E-state index contributed by atoms with van der Waals surface area (Å²) in [4.78, 5) is 2.96. The number of aromatic amines is 1. The Morgan fingerprint density at radius 1 is 1.60 bits per heavy atom. The van der Waals surface area contributed by atoms with Crippen molar-refractivity contribution in [1.29, 1.82) is 5.26 Å². The van der Waals surface area contributed by atoms with Crippen LogP contribution in [0.5, 0.6) is 0 Å². The van der Waals surface area contributed by atoms with Crippen LogP contribution in [0.2, 0.25) is 0 Å². The monoisotopic (exact) mass is 220 g/mol. The van der Waals surface area contributed by atoms with Crippen molar-refractivity contribution in [1.82, 2.24) is 15.2 Å². The molecule has 0 amide bonds. The summed E-state index contributed by atoms with van der Waals surface area (Å²) < 4.78 is 5.36. The van der Waals surface area contributed by atoms with Crippen LogP contribution in [0.25, 0.3) is 11.6 Å². The summed E-state index contributed by atoms with van der Waals surface area (Å²) in [6.45, 7) is 1.78. The van der Waals surface area contributed by atoms with Crippen molar-refractivity contribution in [2.75, 3.05) is 0 Å². The van der Waals surface area contributed by atoms with E-state index in [2.05, 4.69) is 21.3 Å². The van der Waals surface area contributed by atoms with Crippen molar-refractivity contribution < 1.29 is 4.42 Å². The number of nitriles is 1. The number of hydrogen-bond acceptors (Lipinski definition) is 5. The Morgan fingerprint density at radius 3 is 3.13 bits per heavy atom. The third-order valence-corrected chi connectivity index (χ3v) is 2.52. The zero-order valence-electron chi connectivity index (χ0n) is 7.97. The molecule has 15 heavy (non-hydrogen) atoms. The van der Waals surface area contributed by atoms with E-state index in [9.17, 15) is 0 Å². The van der Waals surface area contributed by atoms with Crippen LogP contribution in [0.3, 0.4) is 0 Å². The summed E-state index contributed by atoms with van der Waals surface area (Å²) in [5.41, 5.74) is 0.777. The van der Waals surface area contributed by atoms with Crippen molar-refractivity contribution in [2.45, 2.75) is 17.4 Å². The molecule has 6 heteroatoms. The maximum absolute atomic E-state index is 8.62. The third-order valence-electron chi connectivity index (χ3n) is 1.69. The molecule has 2 aromatic heterocycles. The van der Waals surface area contributed by atoms with E-state index in [0.717, 1.165) is 5.69 Å². The minimum Gasteiger partial charge on any atom is -0.410 e. The zero-order chi connectivity index (χ0) is 10.7. The van der Waals surface area contributed by atoms with E-state index in [4.69, 9.17) is 9.68 Å². The summed E-state index contributed by atoms with van der Waals surface area (Å²) in [5.74, 6) is 0.438. The number of H-pyrrole nitrogens is 1. The van der Waals surface area contributed by atoms with Gasteiger partial charge in [-0.25, -0.2) is 0 Å². The quantitative estimate of drug-likeness (QED) is 0.801. The van der Waals surface area contributed by atoms with Gasteiger partial charge in [-0.2, -0.15) is 5.26 Å². The van der Waals surface area contributed by atoms with Crippen LogP contribution in [0.1, 0.15) is 6.92 Å². The van der Waals surface area contributed by atoms with Crippen LogP contribution in [-0.4, -0.2) is 20.4 Å². The lowest BCUT2D eigenvalue weighted by atomic mass is 10.4. The van der Waals surface area contributed by atoms with Crippen molar-refractivity contribution >= 4 is 11.8 Å². The van der Waals surface area contributed by atoms with Crippen molar-refractivity contribution in [3.8, 4) is 17.7 Å². The Balaban J connectivity index is 2.15. The maximum Gasteiger partial charge on any atom is 0.278 e. The van der Waals surface area contributed by atoms with E-state index in [-0.39, 0.29) is 5.25 Å². The predicted octanol–water partition coefficient (Wildman–Crippen LogP) is 2.07. The first-order valence-corrected chi connectivity index (χ1v) is 5.21. The molecule has 5 nitrogen and oxygen atoms in total. The van der Waals surface area contributed by atoms with Gasteiger partial charge < -0.3 is 9.40 Å². The summed E-state index contributed by atoms with van der Waals surface area (Å²) in [6, 6.07) is 5.78. The Kier molecular flexibility index (Phi) is 2.74. The summed E-state index contributed by atoms with van der Waals surface area (Å²) in [7, 11) is 0. The van der Waals surface area contributed by atoms with Gasteiger partial charge in [-0.15, -0.1) is 10.2 Å². The second-order valence-corrected chi connectivity index (χ2v) is 4.14. The van der Waals surface area contributed by atoms with Crippen LogP contribution < -0.4 is 0 Å². The largest absolute Gasteiger partial charge is 0.410 e. The van der Waals surface area contributed by atoms with Crippen molar-refractivity contribution in [3.63, 3.8) is 0 Å². The third kappa shape index (κ3) is 2.19. The average molecular weight is 220 g/mol. The summed E-state index contributed by atoms with van der Waals surface area (Å²) >= 11 is 1.25. The number of rotatable bonds is 3. The number of hydrogen-bond donors (Lipinski definition) is 1. The van der Waals surface area contributed by atoms with Crippen LogP contribution >= 0.6 is 11.8 Å². The molecule has 1 atom stereocenters. The summed E-state index contributed by atoms with van der Waals surface area (Å²) in [6.07, 6.45) is 1.78. The van der Waals surface area contributed by atoms with Crippen molar-refractivity contribution in [2.24, 2.45) is 0 Å². The molecule has 0 unspecified atom stereocenters.